The number of benzene rings is 8. The highest BCUT2D eigenvalue weighted by Crippen LogP contribution is 2.57. The Labute approximate surface area is 280 Å². The molecule has 0 atom stereocenters. The molecule has 0 amide bonds. The molecule has 0 fully saturated rings. The van der Waals surface area contributed by atoms with Crippen LogP contribution in [-0.2, 0) is 0 Å². The summed E-state index contributed by atoms with van der Waals surface area (Å²) in [5.41, 5.74) is 17.5. The fourth-order valence-electron chi connectivity index (χ4n) is 7.40. The van der Waals surface area contributed by atoms with Gasteiger partial charge in [0.25, 0.3) is 0 Å². The van der Waals surface area contributed by atoms with Gasteiger partial charge in [0.05, 0.1) is 11.6 Å². The molecule has 222 valence electrons. The highest BCUT2D eigenvalue weighted by atomic mass is 14.3. The van der Waals surface area contributed by atoms with Gasteiger partial charge in [0, 0.05) is 0 Å². The maximum atomic E-state index is 9.61. The van der Waals surface area contributed by atoms with Gasteiger partial charge in [-0.2, -0.15) is 5.26 Å². The van der Waals surface area contributed by atoms with Gasteiger partial charge in [-0.25, -0.2) is 0 Å². The zero-order chi connectivity index (χ0) is 32.0. The molecule has 0 N–H and O–H groups in total. The third-order valence-electron chi connectivity index (χ3n) is 9.68. The number of nitriles is 1. The van der Waals surface area contributed by atoms with Gasteiger partial charge < -0.3 is 0 Å². The Morgan fingerprint density at radius 2 is 0.750 bits per heavy atom. The van der Waals surface area contributed by atoms with Gasteiger partial charge in [0.1, 0.15) is 0 Å². The number of rotatable bonds is 5. The molecule has 9 rings (SSSR count). The van der Waals surface area contributed by atoms with Gasteiger partial charge in [0.2, 0.25) is 0 Å². The van der Waals surface area contributed by atoms with Crippen LogP contribution in [0.15, 0.2) is 176 Å². The summed E-state index contributed by atoms with van der Waals surface area (Å²) in [6.45, 7) is 0. The molecule has 0 aromatic heterocycles. The number of fused-ring (bicyclic) bond motifs is 3. The summed E-state index contributed by atoms with van der Waals surface area (Å²) in [6.07, 6.45) is 0. The van der Waals surface area contributed by atoms with Crippen LogP contribution in [0.25, 0.3) is 88.7 Å². The monoisotopic (exact) mass is 607 g/mol. The third kappa shape index (κ3) is 4.55. The van der Waals surface area contributed by atoms with E-state index in [4.69, 9.17) is 0 Å². The summed E-state index contributed by atoms with van der Waals surface area (Å²) < 4.78 is 0. The van der Waals surface area contributed by atoms with Gasteiger partial charge >= 0.3 is 0 Å². The van der Waals surface area contributed by atoms with Crippen LogP contribution in [0.1, 0.15) is 5.56 Å². The van der Waals surface area contributed by atoms with Crippen molar-refractivity contribution in [2.45, 2.75) is 0 Å². The molecule has 0 radical (unpaired) electrons. The molecule has 1 aliphatic rings. The van der Waals surface area contributed by atoms with Crippen molar-refractivity contribution in [2.24, 2.45) is 0 Å². The first-order valence-corrected chi connectivity index (χ1v) is 16.3. The Balaban J connectivity index is 1.34. The molecular formula is C47H29N. The summed E-state index contributed by atoms with van der Waals surface area (Å²) in [5, 5.41) is 12.2. The summed E-state index contributed by atoms with van der Waals surface area (Å²) in [4.78, 5) is 0. The third-order valence-corrected chi connectivity index (χ3v) is 9.68. The molecule has 0 bridgehead atoms. The fourth-order valence-corrected chi connectivity index (χ4v) is 7.40. The maximum Gasteiger partial charge on any atom is 0.0991 e. The van der Waals surface area contributed by atoms with Crippen molar-refractivity contribution in [1.82, 2.24) is 0 Å². The summed E-state index contributed by atoms with van der Waals surface area (Å²) in [7, 11) is 0. The van der Waals surface area contributed by atoms with E-state index in [0.29, 0.717) is 5.56 Å². The van der Waals surface area contributed by atoms with Crippen LogP contribution in [0.5, 0.6) is 0 Å². The summed E-state index contributed by atoms with van der Waals surface area (Å²) in [6, 6.07) is 65.2. The van der Waals surface area contributed by atoms with E-state index in [2.05, 4.69) is 170 Å². The van der Waals surface area contributed by atoms with Crippen molar-refractivity contribution in [2.75, 3.05) is 0 Å². The van der Waals surface area contributed by atoms with E-state index in [-0.39, 0.29) is 0 Å². The zero-order valence-electron chi connectivity index (χ0n) is 26.2. The molecule has 48 heavy (non-hydrogen) atoms. The first kappa shape index (κ1) is 27.8. The predicted molar refractivity (Wildman–Crippen MR) is 200 cm³/mol. The van der Waals surface area contributed by atoms with Crippen LogP contribution in [0, 0.1) is 11.3 Å². The van der Waals surface area contributed by atoms with Crippen LogP contribution >= 0.6 is 0 Å². The lowest BCUT2D eigenvalue weighted by molar-refractivity contribution is 1.48. The van der Waals surface area contributed by atoms with E-state index in [1.807, 2.05) is 12.1 Å². The molecule has 8 aromatic rings. The normalized spacial score (nSPS) is 11.3. The van der Waals surface area contributed by atoms with Gasteiger partial charge in [-0.1, -0.05) is 158 Å². The molecule has 1 heteroatoms. The lowest BCUT2D eigenvalue weighted by Gasteiger charge is -2.21. The van der Waals surface area contributed by atoms with Gasteiger partial charge in [-0.05, 0) is 107 Å². The molecule has 0 unspecified atom stereocenters. The molecule has 0 spiro atoms. The fraction of sp³-hybridized carbons (Fsp3) is 0. The Hall–Kier alpha value is -6.49. The standard InChI is InChI=1S/C47H29N/c48-30-31-17-19-36(20-18-31)42-29-43(37-25-21-34(22-26-37)32-9-3-1-4-10-32)46-40-15-7-13-38-14-8-16-41(44(38)40)47(46)45(42)39-27-23-35(24-28-39)33-11-5-2-6-12-33/h1-29H. The second-order valence-electron chi connectivity index (χ2n) is 12.4. The Kier molecular flexibility index (Phi) is 6.59. The van der Waals surface area contributed by atoms with Crippen LogP contribution in [0.2, 0.25) is 0 Å². The molecule has 0 saturated carbocycles. The summed E-state index contributed by atoms with van der Waals surface area (Å²) >= 11 is 0. The van der Waals surface area contributed by atoms with Crippen molar-refractivity contribution in [3.63, 3.8) is 0 Å². The average molecular weight is 608 g/mol. The molecular weight excluding hydrogens is 579 g/mol. The van der Waals surface area contributed by atoms with Crippen LogP contribution in [0.4, 0.5) is 0 Å². The van der Waals surface area contributed by atoms with Crippen molar-refractivity contribution >= 4 is 10.8 Å². The number of nitrogens with zero attached hydrogens (tertiary/aromatic N) is 1. The van der Waals surface area contributed by atoms with Gasteiger partial charge in [0.15, 0.2) is 0 Å². The second-order valence-corrected chi connectivity index (χ2v) is 12.4. The lowest BCUT2D eigenvalue weighted by atomic mass is 9.82. The highest BCUT2D eigenvalue weighted by molar-refractivity contribution is 6.22. The molecule has 0 saturated heterocycles. The SMILES string of the molecule is N#Cc1ccc(-c2cc(-c3ccc(-c4ccccc4)cc3)c3c(c2-c2ccc(-c4ccccc4)cc2)-c2cccc4cccc-3c24)cc1. The van der Waals surface area contributed by atoms with Crippen molar-refractivity contribution in [3.8, 4) is 84.0 Å². The second kappa shape index (κ2) is 11.4. The smallest absolute Gasteiger partial charge is 0.0991 e. The van der Waals surface area contributed by atoms with Crippen molar-refractivity contribution in [3.05, 3.63) is 181 Å². The number of hydrogen-bond donors (Lipinski definition) is 0. The quantitative estimate of drug-likeness (QED) is 0.191. The summed E-state index contributed by atoms with van der Waals surface area (Å²) in [5.74, 6) is 0. The predicted octanol–water partition coefficient (Wildman–Crippen LogP) is 12.7. The minimum absolute atomic E-state index is 0.655. The van der Waals surface area contributed by atoms with Crippen LogP contribution in [0.3, 0.4) is 0 Å². The Morgan fingerprint density at radius 3 is 1.29 bits per heavy atom. The first-order chi connectivity index (χ1) is 23.8. The van der Waals surface area contributed by atoms with Crippen molar-refractivity contribution < 1.29 is 0 Å². The molecule has 1 nitrogen and oxygen atoms in total. The minimum atomic E-state index is 0.655. The Morgan fingerprint density at radius 1 is 0.312 bits per heavy atom. The van der Waals surface area contributed by atoms with E-state index in [9.17, 15) is 5.26 Å². The van der Waals surface area contributed by atoms with Crippen molar-refractivity contribution in [1.29, 1.82) is 5.26 Å². The molecule has 0 aliphatic heterocycles. The average Bonchev–Trinajstić information content (AvgIpc) is 3.51. The van der Waals surface area contributed by atoms with Gasteiger partial charge in [-0.3, -0.25) is 0 Å². The van der Waals surface area contributed by atoms with Crippen LogP contribution in [-0.4, -0.2) is 0 Å². The minimum Gasteiger partial charge on any atom is -0.192 e. The van der Waals surface area contributed by atoms with E-state index in [1.54, 1.807) is 0 Å². The molecule has 8 aromatic carbocycles. The van der Waals surface area contributed by atoms with Gasteiger partial charge in [-0.15, -0.1) is 0 Å². The lowest BCUT2D eigenvalue weighted by Crippen LogP contribution is -1.95. The Bertz CT molecular complexity index is 2500. The zero-order valence-corrected chi connectivity index (χ0v) is 26.2. The maximum absolute atomic E-state index is 9.61. The van der Waals surface area contributed by atoms with E-state index >= 15 is 0 Å². The van der Waals surface area contributed by atoms with E-state index in [1.165, 1.54) is 77.5 Å². The largest absolute Gasteiger partial charge is 0.192 e. The highest BCUT2D eigenvalue weighted by Gasteiger charge is 2.30. The first-order valence-electron chi connectivity index (χ1n) is 16.3. The topological polar surface area (TPSA) is 23.8 Å². The molecule has 1 aliphatic carbocycles. The molecule has 0 heterocycles. The van der Waals surface area contributed by atoms with E-state index in [0.717, 1.165) is 11.1 Å². The van der Waals surface area contributed by atoms with E-state index < -0.39 is 0 Å². The number of hydrogen-bond acceptors (Lipinski definition) is 1. The van der Waals surface area contributed by atoms with Crippen LogP contribution < -0.4 is 0 Å².